The van der Waals surface area contributed by atoms with Gasteiger partial charge in [-0.25, -0.2) is 0 Å². The van der Waals surface area contributed by atoms with Gasteiger partial charge in [-0.2, -0.15) is 0 Å². The maximum atomic E-state index is 9.83. The van der Waals surface area contributed by atoms with Gasteiger partial charge in [-0.3, -0.25) is 0 Å². The number of hydrogen-bond acceptors (Lipinski definition) is 2. The van der Waals surface area contributed by atoms with Crippen LogP contribution in [0.3, 0.4) is 0 Å². The van der Waals surface area contributed by atoms with Crippen molar-refractivity contribution in [2.24, 2.45) is 5.92 Å². The summed E-state index contributed by atoms with van der Waals surface area (Å²) in [4.78, 5) is 2.42. The number of likely N-dealkylation sites (tertiary alicyclic amines) is 1. The topological polar surface area (TPSA) is 23.5 Å². The quantitative estimate of drug-likeness (QED) is 0.680. The SMILES string of the molecule is CCN1CCCC(C(C)(C)O)C1. The van der Waals surface area contributed by atoms with Gasteiger partial charge in [0, 0.05) is 6.54 Å². The van der Waals surface area contributed by atoms with Gasteiger partial charge in [0.2, 0.25) is 0 Å². The molecule has 0 bridgehead atoms. The summed E-state index contributed by atoms with van der Waals surface area (Å²) in [6.07, 6.45) is 2.42. The Morgan fingerprint density at radius 1 is 1.50 bits per heavy atom. The number of aliphatic hydroxyl groups is 1. The highest BCUT2D eigenvalue weighted by Gasteiger charge is 2.30. The maximum absolute atomic E-state index is 9.83. The first kappa shape index (κ1) is 10.0. The van der Waals surface area contributed by atoms with Crippen LogP contribution in [0.2, 0.25) is 0 Å². The number of piperidine rings is 1. The van der Waals surface area contributed by atoms with Crippen LogP contribution in [0.5, 0.6) is 0 Å². The summed E-state index contributed by atoms with van der Waals surface area (Å²) >= 11 is 0. The summed E-state index contributed by atoms with van der Waals surface area (Å²) in [6.45, 7) is 9.44. The molecule has 0 radical (unpaired) electrons. The van der Waals surface area contributed by atoms with Gasteiger partial charge in [-0.15, -0.1) is 0 Å². The van der Waals surface area contributed by atoms with Gasteiger partial charge in [0.05, 0.1) is 5.60 Å². The maximum Gasteiger partial charge on any atom is 0.0632 e. The molecular weight excluding hydrogens is 150 g/mol. The molecule has 1 heterocycles. The van der Waals surface area contributed by atoms with Gasteiger partial charge in [0.25, 0.3) is 0 Å². The fraction of sp³-hybridized carbons (Fsp3) is 1.00. The average molecular weight is 171 g/mol. The lowest BCUT2D eigenvalue weighted by atomic mass is 9.84. The molecule has 0 spiro atoms. The first-order valence-electron chi connectivity index (χ1n) is 4.98. The zero-order valence-corrected chi connectivity index (χ0v) is 8.51. The van der Waals surface area contributed by atoms with Gasteiger partial charge in [0.1, 0.15) is 0 Å². The average Bonchev–Trinajstić information content (AvgIpc) is 2.03. The second-order valence-corrected chi connectivity index (χ2v) is 4.39. The fourth-order valence-electron chi connectivity index (χ4n) is 1.92. The summed E-state index contributed by atoms with van der Waals surface area (Å²) in [5.41, 5.74) is -0.492. The molecule has 0 aromatic rings. The summed E-state index contributed by atoms with van der Waals surface area (Å²) in [6, 6.07) is 0. The second-order valence-electron chi connectivity index (χ2n) is 4.39. The van der Waals surface area contributed by atoms with E-state index in [2.05, 4.69) is 11.8 Å². The number of rotatable bonds is 2. The number of hydrogen-bond donors (Lipinski definition) is 1. The summed E-state index contributed by atoms with van der Waals surface area (Å²) in [5.74, 6) is 0.464. The molecule has 2 heteroatoms. The van der Waals surface area contributed by atoms with E-state index in [0.29, 0.717) is 5.92 Å². The van der Waals surface area contributed by atoms with E-state index < -0.39 is 5.60 Å². The van der Waals surface area contributed by atoms with Crippen molar-refractivity contribution in [3.8, 4) is 0 Å². The molecule has 1 atom stereocenters. The molecule has 0 aliphatic carbocycles. The van der Waals surface area contributed by atoms with Crippen LogP contribution in [0.1, 0.15) is 33.6 Å². The van der Waals surface area contributed by atoms with Crippen molar-refractivity contribution < 1.29 is 5.11 Å². The first-order chi connectivity index (χ1) is 5.54. The van der Waals surface area contributed by atoms with Crippen molar-refractivity contribution in [1.82, 2.24) is 4.90 Å². The molecule has 0 amide bonds. The molecular formula is C10H21NO. The van der Waals surface area contributed by atoms with Crippen molar-refractivity contribution in [3.63, 3.8) is 0 Å². The van der Waals surface area contributed by atoms with E-state index >= 15 is 0 Å². The molecule has 0 aromatic carbocycles. The van der Waals surface area contributed by atoms with Gasteiger partial charge >= 0.3 is 0 Å². The van der Waals surface area contributed by atoms with E-state index in [1.165, 1.54) is 19.4 Å². The van der Waals surface area contributed by atoms with Gasteiger partial charge in [-0.1, -0.05) is 6.92 Å². The first-order valence-corrected chi connectivity index (χ1v) is 4.98. The largest absolute Gasteiger partial charge is 0.390 e. The van der Waals surface area contributed by atoms with E-state index in [-0.39, 0.29) is 0 Å². The molecule has 2 nitrogen and oxygen atoms in total. The van der Waals surface area contributed by atoms with Crippen molar-refractivity contribution >= 4 is 0 Å². The van der Waals surface area contributed by atoms with E-state index in [4.69, 9.17) is 0 Å². The summed E-state index contributed by atoms with van der Waals surface area (Å²) < 4.78 is 0. The Labute approximate surface area is 75.6 Å². The molecule has 1 aliphatic rings. The lowest BCUT2D eigenvalue weighted by molar-refractivity contribution is -0.0171. The van der Waals surface area contributed by atoms with Gasteiger partial charge < -0.3 is 10.0 Å². The van der Waals surface area contributed by atoms with Crippen LogP contribution in [0, 0.1) is 5.92 Å². The molecule has 0 aromatic heterocycles. The third-order valence-electron chi connectivity index (χ3n) is 2.95. The minimum Gasteiger partial charge on any atom is -0.390 e. The molecule has 12 heavy (non-hydrogen) atoms. The Hall–Kier alpha value is -0.0800. The molecule has 1 unspecified atom stereocenters. The summed E-state index contributed by atoms with van der Waals surface area (Å²) in [5, 5.41) is 9.83. The fourth-order valence-corrected chi connectivity index (χ4v) is 1.92. The molecule has 1 aliphatic heterocycles. The van der Waals surface area contributed by atoms with Crippen LogP contribution in [-0.4, -0.2) is 35.2 Å². The van der Waals surface area contributed by atoms with Gasteiger partial charge in [-0.05, 0) is 45.7 Å². The van der Waals surface area contributed by atoms with E-state index in [1.54, 1.807) is 0 Å². The zero-order chi connectivity index (χ0) is 9.19. The third-order valence-corrected chi connectivity index (χ3v) is 2.95. The molecule has 1 fully saturated rings. The highest BCUT2D eigenvalue weighted by atomic mass is 16.3. The lowest BCUT2D eigenvalue weighted by Gasteiger charge is -2.38. The van der Waals surface area contributed by atoms with Crippen LogP contribution in [-0.2, 0) is 0 Å². The molecule has 1 rings (SSSR count). The smallest absolute Gasteiger partial charge is 0.0632 e. The minimum absolute atomic E-state index is 0.464. The minimum atomic E-state index is -0.492. The van der Waals surface area contributed by atoms with Crippen LogP contribution in [0.15, 0.2) is 0 Å². The van der Waals surface area contributed by atoms with Crippen molar-refractivity contribution in [2.75, 3.05) is 19.6 Å². The van der Waals surface area contributed by atoms with E-state index in [0.717, 1.165) is 13.1 Å². The Bertz CT molecular complexity index is 139. The highest BCUT2D eigenvalue weighted by Crippen LogP contribution is 2.26. The standard InChI is InChI=1S/C10H21NO/c1-4-11-7-5-6-9(8-11)10(2,3)12/h9,12H,4-8H2,1-3H3. The number of nitrogens with zero attached hydrogens (tertiary/aromatic N) is 1. The molecule has 72 valence electrons. The van der Waals surface area contributed by atoms with E-state index in [9.17, 15) is 5.11 Å². The van der Waals surface area contributed by atoms with Crippen molar-refractivity contribution in [3.05, 3.63) is 0 Å². The van der Waals surface area contributed by atoms with Crippen LogP contribution in [0.25, 0.3) is 0 Å². The lowest BCUT2D eigenvalue weighted by Crippen LogP contribution is -2.44. The van der Waals surface area contributed by atoms with Crippen LogP contribution < -0.4 is 0 Å². The van der Waals surface area contributed by atoms with Crippen molar-refractivity contribution in [1.29, 1.82) is 0 Å². The Balaban J connectivity index is 2.46. The highest BCUT2D eigenvalue weighted by molar-refractivity contribution is 4.83. The molecule has 0 saturated carbocycles. The zero-order valence-electron chi connectivity index (χ0n) is 8.51. The molecule has 1 N–H and O–H groups in total. The van der Waals surface area contributed by atoms with E-state index in [1.807, 2.05) is 13.8 Å². The summed E-state index contributed by atoms with van der Waals surface area (Å²) in [7, 11) is 0. The third kappa shape index (κ3) is 2.46. The Morgan fingerprint density at radius 2 is 2.17 bits per heavy atom. The van der Waals surface area contributed by atoms with Crippen LogP contribution in [0.4, 0.5) is 0 Å². The predicted octanol–water partition coefficient (Wildman–Crippen LogP) is 1.49. The molecule has 1 saturated heterocycles. The predicted molar refractivity (Wildman–Crippen MR) is 51.1 cm³/mol. The normalized spacial score (nSPS) is 27.5. The van der Waals surface area contributed by atoms with Crippen LogP contribution >= 0.6 is 0 Å². The van der Waals surface area contributed by atoms with Crippen molar-refractivity contribution in [2.45, 2.75) is 39.2 Å². The van der Waals surface area contributed by atoms with Gasteiger partial charge in [0.15, 0.2) is 0 Å². The Morgan fingerprint density at radius 3 is 2.67 bits per heavy atom. The monoisotopic (exact) mass is 171 g/mol. The Kier molecular flexibility index (Phi) is 3.13. The second kappa shape index (κ2) is 3.75.